The van der Waals surface area contributed by atoms with Crippen LogP contribution in [-0.4, -0.2) is 19.5 Å². The van der Waals surface area contributed by atoms with Crippen LogP contribution in [0.4, 0.5) is 0 Å². The van der Waals surface area contributed by atoms with E-state index in [1.165, 1.54) is 25.7 Å². The van der Waals surface area contributed by atoms with E-state index in [9.17, 15) is 0 Å². The summed E-state index contributed by atoms with van der Waals surface area (Å²) in [6.45, 7) is 0.661. The predicted octanol–water partition coefficient (Wildman–Crippen LogP) is 3.44. The third kappa shape index (κ3) is 3.36. The molecule has 0 radical (unpaired) electrons. The molecule has 3 nitrogen and oxygen atoms in total. The van der Waals surface area contributed by atoms with E-state index in [0.717, 1.165) is 5.75 Å². The Morgan fingerprint density at radius 2 is 1.95 bits per heavy atom. The predicted molar refractivity (Wildman–Crippen MR) is 78.0 cm³/mol. The Kier molecular flexibility index (Phi) is 4.60. The average Bonchev–Trinajstić information content (AvgIpc) is 2.94. The van der Waals surface area contributed by atoms with Crippen molar-refractivity contribution in [1.82, 2.24) is 0 Å². The number of ether oxygens (including phenoxy) is 2. The quantitative estimate of drug-likeness (QED) is 0.838. The molecule has 0 heterocycles. The number of hydrogen-bond donors (Lipinski definition) is 1. The molecule has 0 spiro atoms. The number of hydrogen-bond acceptors (Lipinski definition) is 4. The Morgan fingerprint density at radius 1 is 1.26 bits per heavy atom. The van der Waals surface area contributed by atoms with Gasteiger partial charge in [-0.2, -0.15) is 17.9 Å². The van der Waals surface area contributed by atoms with E-state index in [2.05, 4.69) is 18.7 Å². The van der Waals surface area contributed by atoms with Crippen molar-refractivity contribution in [2.45, 2.75) is 25.7 Å². The fraction of sp³-hybridized carbons (Fsp3) is 0.533. The van der Waals surface area contributed by atoms with Gasteiger partial charge >= 0.3 is 0 Å². The maximum atomic E-state index is 8.99. The van der Waals surface area contributed by atoms with Gasteiger partial charge in [0.1, 0.15) is 11.5 Å². The normalized spacial score (nSPS) is 16.9. The zero-order chi connectivity index (χ0) is 13.7. The molecule has 1 aliphatic carbocycles. The van der Waals surface area contributed by atoms with Crippen LogP contribution in [0.15, 0.2) is 18.2 Å². The maximum Gasteiger partial charge on any atom is 0.124 e. The summed E-state index contributed by atoms with van der Waals surface area (Å²) in [6.07, 6.45) is 4.86. The molecule has 102 valence electrons. The molecule has 19 heavy (non-hydrogen) atoms. The van der Waals surface area contributed by atoms with E-state index in [4.69, 9.17) is 14.7 Å². The average molecular weight is 277 g/mol. The summed E-state index contributed by atoms with van der Waals surface area (Å²) in [6, 6.07) is 7.40. The number of rotatable bonds is 5. The zero-order valence-corrected chi connectivity index (χ0v) is 12.1. The largest absolute Gasteiger partial charge is 0.497 e. The molecule has 1 aliphatic rings. The number of methoxy groups -OCH3 is 1. The number of thiol groups is 1. The van der Waals surface area contributed by atoms with Gasteiger partial charge in [0.25, 0.3) is 0 Å². The van der Waals surface area contributed by atoms with Crippen LogP contribution in [-0.2, 0) is 0 Å². The molecule has 1 fully saturated rings. The lowest BCUT2D eigenvalue weighted by Gasteiger charge is -2.26. The van der Waals surface area contributed by atoms with Gasteiger partial charge in [0.05, 0.1) is 25.3 Å². The molecule has 0 bridgehead atoms. The first kappa shape index (κ1) is 14.1. The van der Waals surface area contributed by atoms with Gasteiger partial charge in [0, 0.05) is 11.5 Å². The Hall–Kier alpha value is -1.34. The van der Waals surface area contributed by atoms with E-state index in [-0.39, 0.29) is 5.41 Å². The van der Waals surface area contributed by atoms with Gasteiger partial charge in [-0.1, -0.05) is 12.8 Å². The van der Waals surface area contributed by atoms with Crippen LogP contribution in [0.5, 0.6) is 11.5 Å². The van der Waals surface area contributed by atoms with Crippen molar-refractivity contribution in [3.63, 3.8) is 0 Å². The lowest BCUT2D eigenvalue weighted by molar-refractivity contribution is 0.172. The highest BCUT2D eigenvalue weighted by Gasteiger charge is 2.33. The minimum atomic E-state index is 0.193. The molecule has 1 aromatic carbocycles. The van der Waals surface area contributed by atoms with E-state index in [0.29, 0.717) is 23.7 Å². The number of benzene rings is 1. The van der Waals surface area contributed by atoms with Gasteiger partial charge in [0.15, 0.2) is 0 Å². The Labute approximate surface area is 119 Å². The van der Waals surface area contributed by atoms with Crippen molar-refractivity contribution in [3.05, 3.63) is 23.8 Å². The highest BCUT2D eigenvalue weighted by molar-refractivity contribution is 7.80. The Bertz CT molecular complexity index is 476. The fourth-order valence-electron chi connectivity index (χ4n) is 2.55. The fourth-order valence-corrected chi connectivity index (χ4v) is 2.95. The van der Waals surface area contributed by atoms with Gasteiger partial charge in [0.2, 0.25) is 0 Å². The molecule has 0 aliphatic heterocycles. The lowest BCUT2D eigenvalue weighted by atomic mass is 9.90. The van der Waals surface area contributed by atoms with Gasteiger partial charge < -0.3 is 9.47 Å². The smallest absolute Gasteiger partial charge is 0.124 e. The number of nitriles is 1. The van der Waals surface area contributed by atoms with E-state index >= 15 is 0 Å². The molecule has 0 saturated heterocycles. The second-order valence-corrected chi connectivity index (χ2v) is 5.48. The molecule has 1 saturated carbocycles. The standard InChI is InChI=1S/C15H19NO2S/c1-17-13-6-12(9-16)7-14(8-13)18-10-15(11-19)4-2-3-5-15/h6-8,19H,2-5,10-11H2,1H3. The lowest BCUT2D eigenvalue weighted by Crippen LogP contribution is -2.27. The van der Waals surface area contributed by atoms with Crippen molar-refractivity contribution in [2.24, 2.45) is 5.41 Å². The highest BCUT2D eigenvalue weighted by Crippen LogP contribution is 2.39. The molecule has 2 rings (SSSR count). The number of nitrogens with zero attached hydrogens (tertiary/aromatic N) is 1. The molecule has 0 amide bonds. The molecular formula is C15H19NO2S. The van der Waals surface area contributed by atoms with Gasteiger partial charge in [-0.05, 0) is 30.7 Å². The van der Waals surface area contributed by atoms with Crippen molar-refractivity contribution in [1.29, 1.82) is 5.26 Å². The maximum absolute atomic E-state index is 8.99. The SMILES string of the molecule is COc1cc(C#N)cc(OCC2(CS)CCCC2)c1. The third-order valence-corrected chi connectivity index (χ3v) is 4.46. The van der Waals surface area contributed by atoms with Crippen LogP contribution < -0.4 is 9.47 Å². The first-order chi connectivity index (χ1) is 9.21. The first-order valence-corrected chi connectivity index (χ1v) is 7.17. The van der Waals surface area contributed by atoms with Crippen molar-refractivity contribution in [2.75, 3.05) is 19.5 Å². The topological polar surface area (TPSA) is 42.2 Å². The first-order valence-electron chi connectivity index (χ1n) is 6.54. The molecule has 0 N–H and O–H groups in total. The van der Waals surface area contributed by atoms with Gasteiger partial charge in [-0.3, -0.25) is 0 Å². The molecule has 0 atom stereocenters. The summed E-state index contributed by atoms with van der Waals surface area (Å²) in [5, 5.41) is 8.99. The molecule has 4 heteroatoms. The van der Waals surface area contributed by atoms with Crippen molar-refractivity contribution < 1.29 is 9.47 Å². The molecular weight excluding hydrogens is 258 g/mol. The summed E-state index contributed by atoms with van der Waals surface area (Å²) < 4.78 is 11.1. The minimum Gasteiger partial charge on any atom is -0.497 e. The van der Waals surface area contributed by atoms with Crippen LogP contribution in [0.1, 0.15) is 31.2 Å². The van der Waals surface area contributed by atoms with Crippen LogP contribution in [0.25, 0.3) is 0 Å². The van der Waals surface area contributed by atoms with Crippen molar-refractivity contribution >= 4 is 12.6 Å². The second kappa shape index (κ2) is 6.21. The van der Waals surface area contributed by atoms with Gasteiger partial charge in [-0.25, -0.2) is 0 Å². The summed E-state index contributed by atoms with van der Waals surface area (Å²) in [4.78, 5) is 0. The Balaban J connectivity index is 2.08. The molecule has 0 aromatic heterocycles. The van der Waals surface area contributed by atoms with Crippen LogP contribution in [0, 0.1) is 16.7 Å². The summed E-state index contributed by atoms with van der Waals surface area (Å²) in [5.41, 5.74) is 0.750. The molecule has 1 aromatic rings. The monoisotopic (exact) mass is 277 g/mol. The molecule has 0 unspecified atom stereocenters. The summed E-state index contributed by atoms with van der Waals surface area (Å²) in [5.74, 6) is 2.20. The minimum absolute atomic E-state index is 0.193. The van der Waals surface area contributed by atoms with Crippen LogP contribution in [0.3, 0.4) is 0 Å². The Morgan fingerprint density at radius 3 is 2.53 bits per heavy atom. The van der Waals surface area contributed by atoms with E-state index in [1.54, 1.807) is 19.2 Å². The third-order valence-electron chi connectivity index (χ3n) is 3.79. The van der Waals surface area contributed by atoms with E-state index in [1.807, 2.05) is 6.07 Å². The van der Waals surface area contributed by atoms with Crippen LogP contribution in [0.2, 0.25) is 0 Å². The van der Waals surface area contributed by atoms with E-state index < -0.39 is 0 Å². The van der Waals surface area contributed by atoms with Gasteiger partial charge in [-0.15, -0.1) is 0 Å². The second-order valence-electron chi connectivity index (χ2n) is 5.16. The zero-order valence-electron chi connectivity index (χ0n) is 11.2. The van der Waals surface area contributed by atoms with Crippen molar-refractivity contribution in [3.8, 4) is 17.6 Å². The highest BCUT2D eigenvalue weighted by atomic mass is 32.1. The van der Waals surface area contributed by atoms with Crippen LogP contribution >= 0.6 is 12.6 Å². The summed E-state index contributed by atoms with van der Waals surface area (Å²) in [7, 11) is 1.59. The summed E-state index contributed by atoms with van der Waals surface area (Å²) >= 11 is 4.47.